The maximum atomic E-state index is 9.91. The predicted molar refractivity (Wildman–Crippen MR) is 60.1 cm³/mol. The Bertz CT molecular complexity index is 198. The van der Waals surface area contributed by atoms with Crippen LogP contribution in [0.1, 0.15) is 53.9 Å². The molecule has 1 aliphatic rings. The lowest BCUT2D eigenvalue weighted by atomic mass is 9.88. The van der Waals surface area contributed by atoms with Crippen molar-refractivity contribution in [3.05, 3.63) is 0 Å². The third-order valence-corrected chi connectivity index (χ3v) is 3.71. The van der Waals surface area contributed by atoms with E-state index in [0.29, 0.717) is 5.41 Å². The van der Waals surface area contributed by atoms with E-state index in [2.05, 4.69) is 39.5 Å². The minimum atomic E-state index is -0.226. The van der Waals surface area contributed by atoms with Gasteiger partial charge in [0.25, 0.3) is 0 Å². The van der Waals surface area contributed by atoms with Crippen molar-refractivity contribution >= 4 is 0 Å². The topological polar surface area (TPSA) is 23.5 Å². The molecule has 1 saturated heterocycles. The smallest absolute Gasteiger partial charge is 0.107 e. The third kappa shape index (κ3) is 2.48. The first kappa shape index (κ1) is 12.0. The first-order chi connectivity index (χ1) is 6.28. The van der Waals surface area contributed by atoms with E-state index in [9.17, 15) is 5.11 Å². The van der Waals surface area contributed by atoms with E-state index in [-0.39, 0.29) is 11.8 Å². The van der Waals surface area contributed by atoms with Gasteiger partial charge in [0.05, 0.1) is 0 Å². The van der Waals surface area contributed by atoms with Crippen molar-refractivity contribution in [2.75, 3.05) is 6.54 Å². The zero-order valence-corrected chi connectivity index (χ0v) is 10.3. The molecule has 0 aromatic carbocycles. The van der Waals surface area contributed by atoms with Crippen molar-refractivity contribution in [1.82, 2.24) is 4.90 Å². The lowest BCUT2D eigenvalue weighted by Crippen LogP contribution is -2.47. The van der Waals surface area contributed by atoms with E-state index in [4.69, 9.17) is 0 Å². The highest BCUT2D eigenvalue weighted by Crippen LogP contribution is 2.35. The molecule has 1 unspecified atom stereocenters. The third-order valence-electron chi connectivity index (χ3n) is 3.71. The maximum absolute atomic E-state index is 9.91. The van der Waals surface area contributed by atoms with Gasteiger partial charge in [0.2, 0.25) is 0 Å². The summed E-state index contributed by atoms with van der Waals surface area (Å²) in [5.41, 5.74) is 0.481. The highest BCUT2D eigenvalue weighted by molar-refractivity contribution is 4.92. The van der Waals surface area contributed by atoms with Crippen molar-refractivity contribution in [1.29, 1.82) is 0 Å². The van der Waals surface area contributed by atoms with Gasteiger partial charge in [-0.05, 0) is 38.5 Å². The summed E-state index contributed by atoms with van der Waals surface area (Å²) in [6.07, 6.45) is 2.96. The van der Waals surface area contributed by atoms with Crippen LogP contribution in [0.4, 0.5) is 0 Å². The van der Waals surface area contributed by atoms with Crippen LogP contribution in [0.5, 0.6) is 0 Å². The lowest BCUT2D eigenvalue weighted by molar-refractivity contribution is -0.0310. The highest BCUT2D eigenvalue weighted by atomic mass is 16.3. The molecule has 2 nitrogen and oxygen atoms in total. The van der Waals surface area contributed by atoms with Gasteiger partial charge in [-0.2, -0.15) is 0 Å². The number of rotatable bonds is 3. The van der Waals surface area contributed by atoms with E-state index in [0.717, 1.165) is 25.8 Å². The molecule has 14 heavy (non-hydrogen) atoms. The molecule has 1 aliphatic heterocycles. The van der Waals surface area contributed by atoms with Crippen molar-refractivity contribution < 1.29 is 5.11 Å². The number of aliphatic hydroxyl groups excluding tert-OH is 1. The minimum absolute atomic E-state index is 0.172. The maximum Gasteiger partial charge on any atom is 0.107 e. The quantitative estimate of drug-likeness (QED) is 0.755. The lowest BCUT2D eigenvalue weighted by Gasteiger charge is -2.39. The molecule has 0 bridgehead atoms. The standard InChI is InChI=1S/C12H25NO/c1-6-11(2,3)9-13-10(14)7-8-12(13,4)5/h10,14H,6-9H2,1-5H3. The van der Waals surface area contributed by atoms with Gasteiger partial charge < -0.3 is 5.11 Å². The molecule has 2 heteroatoms. The molecule has 0 aromatic heterocycles. The molecule has 1 rings (SSSR count). The predicted octanol–water partition coefficient (Wildman–Crippen LogP) is 2.62. The Kier molecular flexibility index (Phi) is 3.27. The Morgan fingerprint density at radius 3 is 2.36 bits per heavy atom. The fourth-order valence-electron chi connectivity index (χ4n) is 2.08. The Labute approximate surface area is 88.3 Å². The van der Waals surface area contributed by atoms with Crippen LogP contribution in [0.3, 0.4) is 0 Å². The molecule has 0 amide bonds. The molecular formula is C12H25NO. The highest BCUT2D eigenvalue weighted by Gasteiger charge is 2.40. The van der Waals surface area contributed by atoms with E-state index in [1.54, 1.807) is 0 Å². The van der Waals surface area contributed by atoms with Gasteiger partial charge in [-0.1, -0.05) is 20.8 Å². The molecule has 1 atom stereocenters. The summed E-state index contributed by atoms with van der Waals surface area (Å²) in [5.74, 6) is 0. The number of hydrogen-bond acceptors (Lipinski definition) is 2. The summed E-state index contributed by atoms with van der Waals surface area (Å²) < 4.78 is 0. The summed E-state index contributed by atoms with van der Waals surface area (Å²) in [4.78, 5) is 2.26. The Morgan fingerprint density at radius 1 is 1.43 bits per heavy atom. The molecule has 0 saturated carbocycles. The second-order valence-electron chi connectivity index (χ2n) is 5.98. The second-order valence-corrected chi connectivity index (χ2v) is 5.98. The van der Waals surface area contributed by atoms with Gasteiger partial charge in [-0.25, -0.2) is 0 Å². The van der Waals surface area contributed by atoms with E-state index < -0.39 is 0 Å². The SMILES string of the molecule is CCC(C)(C)CN1C(O)CCC1(C)C. The summed E-state index contributed by atoms with van der Waals surface area (Å²) in [7, 11) is 0. The summed E-state index contributed by atoms with van der Waals surface area (Å²) in [6, 6.07) is 0. The first-order valence-corrected chi connectivity index (χ1v) is 5.73. The Hall–Kier alpha value is -0.0800. The molecule has 0 spiro atoms. The molecule has 1 heterocycles. The first-order valence-electron chi connectivity index (χ1n) is 5.73. The summed E-state index contributed by atoms with van der Waals surface area (Å²) >= 11 is 0. The van der Waals surface area contributed by atoms with Gasteiger partial charge >= 0.3 is 0 Å². The van der Waals surface area contributed by atoms with Crippen LogP contribution in [0.15, 0.2) is 0 Å². The van der Waals surface area contributed by atoms with Crippen LogP contribution in [0.25, 0.3) is 0 Å². The number of aliphatic hydroxyl groups is 1. The molecule has 0 aliphatic carbocycles. The van der Waals surface area contributed by atoms with Gasteiger partial charge in [-0.15, -0.1) is 0 Å². The molecule has 84 valence electrons. The summed E-state index contributed by atoms with van der Waals surface area (Å²) in [5, 5.41) is 9.91. The fourth-order valence-corrected chi connectivity index (χ4v) is 2.08. The average Bonchev–Trinajstić information content (AvgIpc) is 2.32. The monoisotopic (exact) mass is 199 g/mol. The number of hydrogen-bond donors (Lipinski definition) is 1. The largest absolute Gasteiger partial charge is 0.378 e. The van der Waals surface area contributed by atoms with E-state index in [1.165, 1.54) is 0 Å². The van der Waals surface area contributed by atoms with Crippen LogP contribution in [-0.2, 0) is 0 Å². The van der Waals surface area contributed by atoms with Crippen molar-refractivity contribution in [2.45, 2.75) is 65.6 Å². The molecule has 1 fully saturated rings. The van der Waals surface area contributed by atoms with E-state index in [1.807, 2.05) is 0 Å². The molecule has 1 N–H and O–H groups in total. The van der Waals surface area contributed by atoms with Gasteiger partial charge in [0.15, 0.2) is 0 Å². The minimum Gasteiger partial charge on any atom is -0.378 e. The number of nitrogens with zero attached hydrogens (tertiary/aromatic N) is 1. The van der Waals surface area contributed by atoms with Crippen molar-refractivity contribution in [2.24, 2.45) is 5.41 Å². The van der Waals surface area contributed by atoms with Crippen LogP contribution in [-0.4, -0.2) is 28.3 Å². The van der Waals surface area contributed by atoms with E-state index >= 15 is 0 Å². The van der Waals surface area contributed by atoms with Crippen molar-refractivity contribution in [3.63, 3.8) is 0 Å². The Balaban J connectivity index is 2.67. The fraction of sp³-hybridized carbons (Fsp3) is 1.00. The van der Waals surface area contributed by atoms with Gasteiger partial charge in [0, 0.05) is 12.1 Å². The summed E-state index contributed by atoms with van der Waals surface area (Å²) in [6.45, 7) is 12.2. The van der Waals surface area contributed by atoms with Crippen LogP contribution >= 0.6 is 0 Å². The number of likely N-dealkylation sites (tertiary alicyclic amines) is 1. The zero-order valence-electron chi connectivity index (χ0n) is 10.3. The normalized spacial score (nSPS) is 28.3. The van der Waals surface area contributed by atoms with Crippen LogP contribution < -0.4 is 0 Å². The van der Waals surface area contributed by atoms with Crippen LogP contribution in [0.2, 0.25) is 0 Å². The molecule has 0 aromatic rings. The zero-order chi connectivity index (χ0) is 11.0. The van der Waals surface area contributed by atoms with Gasteiger partial charge in [-0.3, -0.25) is 4.90 Å². The Morgan fingerprint density at radius 2 is 2.00 bits per heavy atom. The molecule has 0 radical (unpaired) electrons. The van der Waals surface area contributed by atoms with Crippen LogP contribution in [0, 0.1) is 5.41 Å². The van der Waals surface area contributed by atoms with Gasteiger partial charge in [0.1, 0.15) is 6.23 Å². The van der Waals surface area contributed by atoms with Crippen molar-refractivity contribution in [3.8, 4) is 0 Å². The average molecular weight is 199 g/mol. The molecular weight excluding hydrogens is 174 g/mol. The second kappa shape index (κ2) is 3.82.